The number of amides is 1. The number of aryl methyl sites for hydroxylation is 1. The maximum absolute atomic E-state index is 12.3. The number of nitrogens with zero attached hydrogens (tertiary/aromatic N) is 3. The van der Waals surface area contributed by atoms with Crippen LogP contribution < -0.4 is 10.9 Å². The Morgan fingerprint density at radius 3 is 2.68 bits per heavy atom. The van der Waals surface area contributed by atoms with Crippen LogP contribution in [-0.4, -0.2) is 40.7 Å². The zero-order chi connectivity index (χ0) is 19.6. The van der Waals surface area contributed by atoms with Crippen molar-refractivity contribution in [2.24, 2.45) is 0 Å². The first-order valence-electron chi connectivity index (χ1n) is 9.45. The van der Waals surface area contributed by atoms with E-state index in [1.54, 1.807) is 24.3 Å². The first kappa shape index (κ1) is 19.7. The summed E-state index contributed by atoms with van der Waals surface area (Å²) in [7, 11) is 0. The molecule has 0 unspecified atom stereocenters. The summed E-state index contributed by atoms with van der Waals surface area (Å²) < 4.78 is 6.82. The molecule has 1 heterocycles. The van der Waals surface area contributed by atoms with E-state index in [0.717, 1.165) is 12.8 Å². The summed E-state index contributed by atoms with van der Waals surface area (Å²) in [5.74, 6) is -0.119. The van der Waals surface area contributed by atoms with E-state index < -0.39 is 0 Å². The lowest BCUT2D eigenvalue weighted by molar-refractivity contribution is -0.121. The van der Waals surface area contributed by atoms with Gasteiger partial charge in [-0.2, -0.15) is 0 Å². The maximum Gasteiger partial charge on any atom is 0.277 e. The fourth-order valence-electron chi connectivity index (χ4n) is 2.80. The molecular formula is C21H24N4O3. The molecule has 0 aliphatic carbocycles. The van der Waals surface area contributed by atoms with Gasteiger partial charge in [0.1, 0.15) is 5.52 Å². The summed E-state index contributed by atoms with van der Waals surface area (Å²) >= 11 is 0. The molecule has 0 bridgehead atoms. The van der Waals surface area contributed by atoms with E-state index in [1.165, 1.54) is 10.2 Å². The lowest BCUT2D eigenvalue weighted by Crippen LogP contribution is -2.30. The molecule has 0 fully saturated rings. The lowest BCUT2D eigenvalue weighted by Gasteiger charge is -2.07. The number of hydrogen-bond donors (Lipinski definition) is 1. The highest BCUT2D eigenvalue weighted by Gasteiger charge is 2.07. The van der Waals surface area contributed by atoms with Gasteiger partial charge in [0.25, 0.3) is 5.56 Å². The van der Waals surface area contributed by atoms with Crippen molar-refractivity contribution in [3.63, 3.8) is 0 Å². The SMILES string of the molecule is O=C(CCn1nnc2ccccc2c1=O)NCCCOCCc1ccccc1. The Balaban J connectivity index is 1.31. The van der Waals surface area contributed by atoms with E-state index in [2.05, 4.69) is 27.8 Å². The van der Waals surface area contributed by atoms with Gasteiger partial charge in [-0.05, 0) is 30.5 Å². The molecule has 3 rings (SSSR count). The third-order valence-electron chi connectivity index (χ3n) is 4.35. The maximum atomic E-state index is 12.3. The predicted octanol–water partition coefficient (Wildman–Crippen LogP) is 1.95. The van der Waals surface area contributed by atoms with E-state index in [4.69, 9.17) is 4.74 Å². The molecule has 146 valence electrons. The van der Waals surface area contributed by atoms with Gasteiger partial charge in [0, 0.05) is 19.6 Å². The largest absolute Gasteiger partial charge is 0.381 e. The summed E-state index contributed by atoms with van der Waals surface area (Å²) in [4.78, 5) is 24.3. The summed E-state index contributed by atoms with van der Waals surface area (Å²) in [5.41, 5.74) is 1.58. The Hall–Kier alpha value is -3.06. The molecule has 0 saturated heterocycles. The highest BCUT2D eigenvalue weighted by Crippen LogP contribution is 2.03. The van der Waals surface area contributed by atoms with Crippen LogP contribution in [0, 0.1) is 0 Å². The summed E-state index contributed by atoms with van der Waals surface area (Å²) in [5, 5.41) is 11.2. The van der Waals surface area contributed by atoms with Gasteiger partial charge in [-0.25, -0.2) is 4.68 Å². The smallest absolute Gasteiger partial charge is 0.277 e. The number of aromatic nitrogens is 3. The van der Waals surface area contributed by atoms with Crippen LogP contribution in [0.4, 0.5) is 0 Å². The number of fused-ring (bicyclic) bond motifs is 1. The number of hydrogen-bond acceptors (Lipinski definition) is 5. The van der Waals surface area contributed by atoms with Gasteiger partial charge in [-0.15, -0.1) is 5.10 Å². The average molecular weight is 380 g/mol. The number of nitrogens with one attached hydrogen (secondary N) is 1. The molecule has 0 saturated carbocycles. The topological polar surface area (TPSA) is 86.1 Å². The van der Waals surface area contributed by atoms with Crippen LogP contribution in [0.25, 0.3) is 10.9 Å². The predicted molar refractivity (Wildman–Crippen MR) is 107 cm³/mol. The molecule has 2 aromatic carbocycles. The Bertz CT molecular complexity index is 957. The molecule has 1 N–H and O–H groups in total. The quantitative estimate of drug-likeness (QED) is 0.543. The van der Waals surface area contributed by atoms with Crippen molar-refractivity contribution >= 4 is 16.8 Å². The highest BCUT2D eigenvalue weighted by atomic mass is 16.5. The van der Waals surface area contributed by atoms with Crippen molar-refractivity contribution in [3.05, 3.63) is 70.5 Å². The van der Waals surface area contributed by atoms with Crippen molar-refractivity contribution in [2.75, 3.05) is 19.8 Å². The highest BCUT2D eigenvalue weighted by molar-refractivity contribution is 5.77. The van der Waals surface area contributed by atoms with Gasteiger partial charge in [0.05, 0.1) is 18.5 Å². The minimum absolute atomic E-state index is 0.119. The lowest BCUT2D eigenvalue weighted by atomic mass is 10.2. The third-order valence-corrected chi connectivity index (χ3v) is 4.35. The molecule has 28 heavy (non-hydrogen) atoms. The Morgan fingerprint density at radius 2 is 1.82 bits per heavy atom. The number of carbonyl (C=O) groups excluding carboxylic acids is 1. The minimum atomic E-state index is -0.231. The van der Waals surface area contributed by atoms with Crippen LogP contribution in [0.3, 0.4) is 0 Å². The van der Waals surface area contributed by atoms with E-state index >= 15 is 0 Å². The molecule has 1 aromatic heterocycles. The van der Waals surface area contributed by atoms with E-state index in [9.17, 15) is 9.59 Å². The first-order chi connectivity index (χ1) is 13.7. The second-order valence-electron chi connectivity index (χ2n) is 6.44. The standard InChI is InChI=1S/C21H24N4O3/c26-20(22-13-6-15-28-16-12-17-7-2-1-3-8-17)11-14-25-21(27)18-9-4-5-10-19(18)23-24-25/h1-5,7-10H,6,11-16H2,(H,22,26). The van der Waals surface area contributed by atoms with E-state index in [0.29, 0.717) is 30.7 Å². The second-order valence-corrected chi connectivity index (χ2v) is 6.44. The number of ether oxygens (including phenoxy) is 1. The molecule has 0 spiro atoms. The fraction of sp³-hybridized carbons (Fsp3) is 0.333. The minimum Gasteiger partial charge on any atom is -0.381 e. The van der Waals surface area contributed by atoms with Crippen molar-refractivity contribution in [2.45, 2.75) is 25.8 Å². The molecule has 7 heteroatoms. The summed E-state index contributed by atoms with van der Waals surface area (Å²) in [6, 6.07) is 17.2. The van der Waals surface area contributed by atoms with Crippen LogP contribution in [-0.2, 0) is 22.5 Å². The Morgan fingerprint density at radius 1 is 1.04 bits per heavy atom. The molecule has 3 aromatic rings. The van der Waals surface area contributed by atoms with Crippen LogP contribution in [0.1, 0.15) is 18.4 Å². The Kier molecular flexibility index (Phi) is 7.26. The van der Waals surface area contributed by atoms with Gasteiger partial charge in [-0.3, -0.25) is 9.59 Å². The van der Waals surface area contributed by atoms with Gasteiger partial charge < -0.3 is 10.1 Å². The molecule has 1 amide bonds. The normalized spacial score (nSPS) is 10.9. The van der Waals surface area contributed by atoms with Gasteiger partial charge in [0.15, 0.2) is 0 Å². The van der Waals surface area contributed by atoms with Gasteiger partial charge >= 0.3 is 0 Å². The first-order valence-corrected chi connectivity index (χ1v) is 9.45. The van der Waals surface area contributed by atoms with Gasteiger partial charge in [0.2, 0.25) is 5.91 Å². The number of benzene rings is 2. The van der Waals surface area contributed by atoms with E-state index in [-0.39, 0.29) is 24.4 Å². The van der Waals surface area contributed by atoms with Crippen molar-refractivity contribution in [3.8, 4) is 0 Å². The molecule has 7 nitrogen and oxygen atoms in total. The van der Waals surface area contributed by atoms with Crippen LogP contribution in [0.15, 0.2) is 59.4 Å². The summed E-state index contributed by atoms with van der Waals surface area (Å²) in [6.45, 7) is 2.02. The van der Waals surface area contributed by atoms with Crippen LogP contribution >= 0.6 is 0 Å². The van der Waals surface area contributed by atoms with Gasteiger partial charge in [-0.1, -0.05) is 47.7 Å². The van der Waals surface area contributed by atoms with Crippen molar-refractivity contribution < 1.29 is 9.53 Å². The number of carbonyl (C=O) groups is 1. The molecule has 0 aliphatic rings. The fourth-order valence-corrected chi connectivity index (χ4v) is 2.80. The number of rotatable bonds is 10. The zero-order valence-corrected chi connectivity index (χ0v) is 15.7. The van der Waals surface area contributed by atoms with Crippen LogP contribution in [0.2, 0.25) is 0 Å². The molecular weight excluding hydrogens is 356 g/mol. The molecule has 0 atom stereocenters. The molecule has 0 aliphatic heterocycles. The molecule has 0 radical (unpaired) electrons. The zero-order valence-electron chi connectivity index (χ0n) is 15.7. The third kappa shape index (κ3) is 5.72. The van der Waals surface area contributed by atoms with Crippen molar-refractivity contribution in [1.82, 2.24) is 20.3 Å². The van der Waals surface area contributed by atoms with E-state index in [1.807, 2.05) is 18.2 Å². The van der Waals surface area contributed by atoms with Crippen molar-refractivity contribution in [1.29, 1.82) is 0 Å². The monoisotopic (exact) mass is 380 g/mol. The second kappa shape index (κ2) is 10.3. The summed E-state index contributed by atoms with van der Waals surface area (Å²) in [6.07, 6.45) is 1.81. The average Bonchev–Trinajstić information content (AvgIpc) is 2.73. The Labute approximate surface area is 163 Å². The van der Waals surface area contributed by atoms with Crippen LogP contribution in [0.5, 0.6) is 0 Å².